The van der Waals surface area contributed by atoms with Gasteiger partial charge in [-0.3, -0.25) is 0 Å². The third-order valence-corrected chi connectivity index (χ3v) is 5.72. The lowest BCUT2D eigenvalue weighted by molar-refractivity contribution is 0.479. The molecule has 122 valence electrons. The largest absolute Gasteiger partial charge is 0.310 e. The molecular weight excluding hydrogens is 342 g/mol. The third kappa shape index (κ3) is 9.00. The zero-order valence-corrected chi connectivity index (χ0v) is 16.2. The summed E-state index contributed by atoms with van der Waals surface area (Å²) in [5, 5.41) is 3.63. The van der Waals surface area contributed by atoms with E-state index >= 15 is 0 Å². The molecule has 1 aromatic rings. The van der Waals surface area contributed by atoms with Crippen molar-refractivity contribution in [2.45, 2.75) is 84.1 Å². The Kier molecular flexibility index (Phi) is 11.6. The first-order valence-electron chi connectivity index (χ1n) is 8.76. The number of hydrogen-bond donors (Lipinski definition) is 1. The fourth-order valence-corrected chi connectivity index (χ4v) is 4.30. The summed E-state index contributed by atoms with van der Waals surface area (Å²) in [7, 11) is 0. The van der Waals surface area contributed by atoms with Crippen LogP contribution in [0.1, 0.15) is 89.0 Å². The molecule has 0 saturated carbocycles. The van der Waals surface area contributed by atoms with Gasteiger partial charge in [-0.15, -0.1) is 11.3 Å². The number of halogens is 1. The Morgan fingerprint density at radius 2 is 1.57 bits per heavy atom. The van der Waals surface area contributed by atoms with Gasteiger partial charge in [0.05, 0.1) is 3.79 Å². The molecule has 0 spiro atoms. The molecule has 1 unspecified atom stereocenters. The maximum absolute atomic E-state index is 3.63. The van der Waals surface area contributed by atoms with E-state index in [2.05, 4.69) is 47.2 Å². The lowest BCUT2D eigenvalue weighted by atomic mass is 10.0. The van der Waals surface area contributed by atoms with Gasteiger partial charge >= 0.3 is 0 Å². The van der Waals surface area contributed by atoms with Gasteiger partial charge in [-0.2, -0.15) is 0 Å². The molecule has 21 heavy (non-hydrogen) atoms. The van der Waals surface area contributed by atoms with E-state index in [1.807, 2.05) is 11.3 Å². The highest BCUT2D eigenvalue weighted by Gasteiger charge is 2.11. The van der Waals surface area contributed by atoms with Crippen LogP contribution < -0.4 is 5.32 Å². The number of nitrogens with one attached hydrogen (secondary N) is 1. The number of thiophene rings is 1. The molecule has 1 N–H and O–H groups in total. The molecule has 0 amide bonds. The van der Waals surface area contributed by atoms with E-state index in [9.17, 15) is 0 Å². The highest BCUT2D eigenvalue weighted by atomic mass is 79.9. The summed E-state index contributed by atoms with van der Waals surface area (Å²) in [5.41, 5.74) is 0. The van der Waals surface area contributed by atoms with Gasteiger partial charge in [0.2, 0.25) is 0 Å². The first-order chi connectivity index (χ1) is 10.3. The molecule has 3 heteroatoms. The molecule has 1 heterocycles. The van der Waals surface area contributed by atoms with Crippen LogP contribution >= 0.6 is 27.3 Å². The van der Waals surface area contributed by atoms with Crippen molar-refractivity contribution in [1.29, 1.82) is 0 Å². The van der Waals surface area contributed by atoms with Crippen LogP contribution in [0.4, 0.5) is 0 Å². The second kappa shape index (κ2) is 12.7. The molecular formula is C18H32BrNS. The molecule has 0 aliphatic heterocycles. The van der Waals surface area contributed by atoms with Gasteiger partial charge in [0.1, 0.15) is 0 Å². The lowest BCUT2D eigenvalue weighted by Gasteiger charge is -2.16. The van der Waals surface area contributed by atoms with Crippen LogP contribution in [0, 0.1) is 0 Å². The van der Waals surface area contributed by atoms with E-state index in [1.54, 1.807) is 0 Å². The minimum atomic E-state index is 0.552. The summed E-state index contributed by atoms with van der Waals surface area (Å²) < 4.78 is 1.24. The van der Waals surface area contributed by atoms with E-state index in [4.69, 9.17) is 0 Å². The van der Waals surface area contributed by atoms with Crippen LogP contribution in [-0.4, -0.2) is 6.54 Å². The Hall–Kier alpha value is 0.140. The van der Waals surface area contributed by atoms with Gasteiger partial charge in [0.15, 0.2) is 0 Å². The smallest absolute Gasteiger partial charge is 0.0701 e. The average Bonchev–Trinajstić information content (AvgIpc) is 2.91. The van der Waals surface area contributed by atoms with Crippen LogP contribution in [0.2, 0.25) is 0 Å². The minimum absolute atomic E-state index is 0.552. The van der Waals surface area contributed by atoms with Gasteiger partial charge in [0.25, 0.3) is 0 Å². The molecule has 0 aliphatic carbocycles. The van der Waals surface area contributed by atoms with E-state index in [1.165, 1.54) is 72.9 Å². The van der Waals surface area contributed by atoms with Crippen molar-refractivity contribution in [3.05, 3.63) is 20.8 Å². The Morgan fingerprint density at radius 1 is 0.952 bits per heavy atom. The van der Waals surface area contributed by atoms with Crippen molar-refractivity contribution in [2.75, 3.05) is 6.54 Å². The summed E-state index contributed by atoms with van der Waals surface area (Å²) in [6, 6.07) is 4.98. The molecule has 1 nitrogen and oxygen atoms in total. The average molecular weight is 374 g/mol. The standard InChI is InChI=1S/C18H32BrNS/c1-3-5-6-7-8-9-10-11-12-13-16(20-4-2)17-14-15-18(19)21-17/h14-16,20H,3-13H2,1-2H3. The fourth-order valence-electron chi connectivity index (χ4n) is 2.77. The zero-order chi connectivity index (χ0) is 15.3. The normalized spacial score (nSPS) is 12.7. The van der Waals surface area contributed by atoms with Crippen LogP contribution in [0.3, 0.4) is 0 Å². The van der Waals surface area contributed by atoms with Gasteiger partial charge in [0, 0.05) is 10.9 Å². The summed E-state index contributed by atoms with van der Waals surface area (Å²) in [6.07, 6.45) is 13.9. The van der Waals surface area contributed by atoms with E-state index in [0.717, 1.165) is 6.54 Å². The second-order valence-electron chi connectivity index (χ2n) is 5.87. The van der Waals surface area contributed by atoms with Crippen molar-refractivity contribution < 1.29 is 0 Å². The summed E-state index contributed by atoms with van der Waals surface area (Å²) in [5.74, 6) is 0. The van der Waals surface area contributed by atoms with Gasteiger partial charge in [-0.25, -0.2) is 0 Å². The van der Waals surface area contributed by atoms with E-state index in [0.29, 0.717) is 6.04 Å². The van der Waals surface area contributed by atoms with Crippen molar-refractivity contribution >= 4 is 27.3 Å². The first kappa shape index (κ1) is 19.2. The van der Waals surface area contributed by atoms with Crippen LogP contribution in [0.25, 0.3) is 0 Å². The topological polar surface area (TPSA) is 12.0 Å². The maximum Gasteiger partial charge on any atom is 0.0701 e. The van der Waals surface area contributed by atoms with Crippen molar-refractivity contribution in [2.24, 2.45) is 0 Å². The van der Waals surface area contributed by atoms with E-state index < -0.39 is 0 Å². The number of rotatable bonds is 13. The summed E-state index contributed by atoms with van der Waals surface area (Å²) >= 11 is 5.44. The van der Waals surface area contributed by atoms with Gasteiger partial charge < -0.3 is 5.32 Å². The van der Waals surface area contributed by atoms with Crippen molar-refractivity contribution in [1.82, 2.24) is 5.32 Å². The predicted octanol–water partition coefficient (Wildman–Crippen LogP) is 7.08. The Bertz CT molecular complexity index is 351. The van der Waals surface area contributed by atoms with Gasteiger partial charge in [-0.1, -0.05) is 71.6 Å². The Labute approximate surface area is 144 Å². The molecule has 1 aromatic heterocycles. The zero-order valence-electron chi connectivity index (χ0n) is 13.8. The van der Waals surface area contributed by atoms with Crippen LogP contribution in [0.15, 0.2) is 15.9 Å². The van der Waals surface area contributed by atoms with Gasteiger partial charge in [-0.05, 0) is 41.0 Å². The second-order valence-corrected chi connectivity index (χ2v) is 8.36. The number of unbranched alkanes of at least 4 members (excludes halogenated alkanes) is 8. The van der Waals surface area contributed by atoms with E-state index in [-0.39, 0.29) is 0 Å². The van der Waals surface area contributed by atoms with Crippen LogP contribution in [0.5, 0.6) is 0 Å². The van der Waals surface area contributed by atoms with Crippen molar-refractivity contribution in [3.63, 3.8) is 0 Å². The molecule has 0 saturated heterocycles. The molecule has 0 aliphatic rings. The third-order valence-electron chi connectivity index (χ3n) is 3.98. The minimum Gasteiger partial charge on any atom is -0.310 e. The summed E-state index contributed by atoms with van der Waals surface area (Å²) in [4.78, 5) is 1.48. The molecule has 0 aromatic carbocycles. The molecule has 0 fully saturated rings. The Morgan fingerprint density at radius 3 is 2.10 bits per heavy atom. The quantitative estimate of drug-likeness (QED) is 0.364. The molecule has 1 atom stereocenters. The number of hydrogen-bond acceptors (Lipinski definition) is 2. The monoisotopic (exact) mass is 373 g/mol. The van der Waals surface area contributed by atoms with Crippen LogP contribution in [-0.2, 0) is 0 Å². The summed E-state index contributed by atoms with van der Waals surface area (Å²) in [6.45, 7) is 5.54. The predicted molar refractivity (Wildman–Crippen MR) is 100 cm³/mol. The highest BCUT2D eigenvalue weighted by molar-refractivity contribution is 9.11. The molecule has 1 rings (SSSR count). The molecule has 0 bridgehead atoms. The lowest BCUT2D eigenvalue weighted by Crippen LogP contribution is -2.19. The highest BCUT2D eigenvalue weighted by Crippen LogP contribution is 2.30. The maximum atomic E-state index is 3.63. The fraction of sp³-hybridized carbons (Fsp3) is 0.778. The SMILES string of the molecule is CCCCCCCCCCCC(NCC)c1ccc(Br)s1. The van der Waals surface area contributed by atoms with Crippen molar-refractivity contribution in [3.8, 4) is 0 Å². The Balaban J connectivity index is 2.08. The molecule has 0 radical (unpaired) electrons. The first-order valence-corrected chi connectivity index (χ1v) is 10.4.